The quantitative estimate of drug-likeness (QED) is 0.538. The van der Waals surface area contributed by atoms with E-state index in [1.54, 1.807) is 12.4 Å². The third-order valence-electron chi connectivity index (χ3n) is 4.17. The Bertz CT molecular complexity index is 1000. The first-order valence-electron chi connectivity index (χ1n) is 8.55. The number of nitrogens with zero attached hydrogens (tertiary/aromatic N) is 3. The highest BCUT2D eigenvalue weighted by Gasteiger charge is 2.11. The highest BCUT2D eigenvalue weighted by Crippen LogP contribution is 2.26. The van der Waals surface area contributed by atoms with E-state index in [-0.39, 0.29) is 6.04 Å². The Morgan fingerprint density at radius 2 is 1.65 bits per heavy atom. The number of pyridine rings is 1. The molecule has 4 aromatic rings. The highest BCUT2D eigenvalue weighted by atomic mass is 15.2. The largest absolute Gasteiger partial charge is 0.363 e. The van der Waals surface area contributed by atoms with Crippen LogP contribution in [-0.2, 0) is 0 Å². The molecule has 0 aliphatic rings. The van der Waals surface area contributed by atoms with Crippen molar-refractivity contribution in [2.75, 3.05) is 10.6 Å². The van der Waals surface area contributed by atoms with E-state index < -0.39 is 0 Å². The van der Waals surface area contributed by atoms with E-state index in [9.17, 15) is 0 Å². The summed E-state index contributed by atoms with van der Waals surface area (Å²) in [7, 11) is 0. The summed E-state index contributed by atoms with van der Waals surface area (Å²) in [5, 5.41) is 7.74. The van der Waals surface area contributed by atoms with Crippen molar-refractivity contribution in [1.29, 1.82) is 0 Å². The molecule has 0 saturated heterocycles. The molecule has 5 nitrogen and oxygen atoms in total. The van der Waals surface area contributed by atoms with Gasteiger partial charge >= 0.3 is 0 Å². The van der Waals surface area contributed by atoms with Crippen LogP contribution in [-0.4, -0.2) is 15.0 Å². The summed E-state index contributed by atoms with van der Waals surface area (Å²) >= 11 is 0. The second kappa shape index (κ2) is 7.19. The first-order valence-corrected chi connectivity index (χ1v) is 8.55. The number of anilines is 3. The van der Waals surface area contributed by atoms with Crippen molar-refractivity contribution in [3.8, 4) is 0 Å². The van der Waals surface area contributed by atoms with E-state index in [1.807, 2.05) is 54.6 Å². The second-order valence-corrected chi connectivity index (χ2v) is 6.06. The molecule has 0 aliphatic carbocycles. The molecule has 1 unspecified atom stereocenters. The predicted octanol–water partition coefficient (Wildman–Crippen LogP) is 4.94. The molecule has 0 saturated carbocycles. The molecule has 2 N–H and O–H groups in total. The van der Waals surface area contributed by atoms with Crippen LogP contribution in [0.5, 0.6) is 0 Å². The van der Waals surface area contributed by atoms with Gasteiger partial charge < -0.3 is 10.6 Å². The molecule has 0 aliphatic heterocycles. The van der Waals surface area contributed by atoms with Crippen LogP contribution in [0.2, 0.25) is 0 Å². The summed E-state index contributed by atoms with van der Waals surface area (Å²) in [4.78, 5) is 13.4. The molecule has 26 heavy (non-hydrogen) atoms. The minimum atomic E-state index is 0.126. The van der Waals surface area contributed by atoms with Crippen molar-refractivity contribution in [1.82, 2.24) is 15.0 Å². The Morgan fingerprint density at radius 3 is 2.46 bits per heavy atom. The molecule has 1 atom stereocenters. The van der Waals surface area contributed by atoms with Gasteiger partial charge in [0.2, 0.25) is 5.95 Å². The first-order chi connectivity index (χ1) is 12.8. The lowest BCUT2D eigenvalue weighted by Crippen LogP contribution is -2.10. The molecule has 5 heteroatoms. The van der Waals surface area contributed by atoms with Crippen LogP contribution < -0.4 is 10.6 Å². The van der Waals surface area contributed by atoms with Crippen LogP contribution in [0.15, 0.2) is 79.1 Å². The zero-order chi connectivity index (χ0) is 17.8. The zero-order valence-electron chi connectivity index (χ0n) is 14.4. The maximum absolute atomic E-state index is 4.70. The van der Waals surface area contributed by atoms with Crippen molar-refractivity contribution >= 4 is 28.4 Å². The maximum Gasteiger partial charge on any atom is 0.229 e. The van der Waals surface area contributed by atoms with Crippen molar-refractivity contribution in [3.63, 3.8) is 0 Å². The smallest absolute Gasteiger partial charge is 0.229 e. The average Bonchev–Trinajstić information content (AvgIpc) is 2.69. The fourth-order valence-corrected chi connectivity index (χ4v) is 2.84. The Labute approximate surface area is 152 Å². The first kappa shape index (κ1) is 16.0. The van der Waals surface area contributed by atoms with Gasteiger partial charge in [-0.2, -0.15) is 4.98 Å². The molecule has 4 rings (SSSR count). The number of hydrogen-bond donors (Lipinski definition) is 2. The summed E-state index contributed by atoms with van der Waals surface area (Å²) in [6.07, 6.45) is 3.49. The van der Waals surface area contributed by atoms with Crippen LogP contribution in [0, 0.1) is 0 Å². The van der Waals surface area contributed by atoms with Crippen LogP contribution in [0.25, 0.3) is 10.9 Å². The van der Waals surface area contributed by atoms with E-state index in [1.165, 1.54) is 5.56 Å². The number of benzene rings is 2. The molecule has 0 radical (unpaired) electrons. The third-order valence-corrected chi connectivity index (χ3v) is 4.17. The monoisotopic (exact) mass is 341 g/mol. The lowest BCUT2D eigenvalue weighted by Gasteiger charge is -2.17. The maximum atomic E-state index is 4.70. The molecule has 0 amide bonds. The molecule has 2 aromatic carbocycles. The third kappa shape index (κ3) is 3.47. The lowest BCUT2D eigenvalue weighted by atomic mass is 10.1. The molecule has 0 fully saturated rings. The minimum absolute atomic E-state index is 0.126. The van der Waals surface area contributed by atoms with Gasteiger partial charge in [-0.15, -0.1) is 0 Å². The molecule has 128 valence electrons. The number of aromatic nitrogens is 3. The summed E-state index contributed by atoms with van der Waals surface area (Å²) < 4.78 is 0. The van der Waals surface area contributed by atoms with E-state index in [2.05, 4.69) is 39.7 Å². The lowest BCUT2D eigenvalue weighted by molar-refractivity contribution is 0.876. The standard InChI is InChI=1S/C21H19N5/c1-15(16-8-3-2-4-9-16)23-20-18-11-5-6-12-19(18)25-21(26-20)24-17-10-7-13-22-14-17/h2-15H,1H3,(H2,23,24,25,26). The van der Waals surface area contributed by atoms with Crippen molar-refractivity contribution < 1.29 is 0 Å². The molecular formula is C21H19N5. The molecule has 0 bridgehead atoms. The molecular weight excluding hydrogens is 322 g/mol. The van der Waals surface area contributed by atoms with Gasteiger partial charge in [0.25, 0.3) is 0 Å². The van der Waals surface area contributed by atoms with Crippen LogP contribution >= 0.6 is 0 Å². The van der Waals surface area contributed by atoms with E-state index in [0.29, 0.717) is 5.95 Å². The SMILES string of the molecule is CC(Nc1nc(Nc2cccnc2)nc2ccccc12)c1ccccc1. The fraction of sp³-hybridized carbons (Fsp3) is 0.0952. The summed E-state index contributed by atoms with van der Waals surface area (Å²) in [6.45, 7) is 2.13. The number of fused-ring (bicyclic) bond motifs is 1. The van der Waals surface area contributed by atoms with Gasteiger partial charge in [-0.3, -0.25) is 4.98 Å². The predicted molar refractivity (Wildman–Crippen MR) is 106 cm³/mol. The fourth-order valence-electron chi connectivity index (χ4n) is 2.84. The van der Waals surface area contributed by atoms with Gasteiger partial charge in [0.05, 0.1) is 17.4 Å². The van der Waals surface area contributed by atoms with Crippen LogP contribution in [0.1, 0.15) is 18.5 Å². The van der Waals surface area contributed by atoms with Gasteiger partial charge in [0.15, 0.2) is 0 Å². The topological polar surface area (TPSA) is 62.7 Å². The summed E-state index contributed by atoms with van der Waals surface area (Å²) in [6, 6.07) is 22.3. The Hall–Kier alpha value is -3.47. The van der Waals surface area contributed by atoms with Crippen LogP contribution in [0.3, 0.4) is 0 Å². The van der Waals surface area contributed by atoms with Gasteiger partial charge in [-0.1, -0.05) is 42.5 Å². The molecule has 2 aromatic heterocycles. The van der Waals surface area contributed by atoms with E-state index in [0.717, 1.165) is 22.4 Å². The zero-order valence-corrected chi connectivity index (χ0v) is 14.4. The van der Waals surface area contributed by atoms with Crippen LogP contribution in [0.4, 0.5) is 17.5 Å². The number of rotatable bonds is 5. The van der Waals surface area contributed by atoms with Gasteiger partial charge in [0, 0.05) is 17.6 Å². The molecule has 2 heterocycles. The number of para-hydroxylation sites is 1. The van der Waals surface area contributed by atoms with Gasteiger partial charge in [0.1, 0.15) is 5.82 Å². The van der Waals surface area contributed by atoms with E-state index >= 15 is 0 Å². The number of nitrogens with one attached hydrogen (secondary N) is 2. The Balaban J connectivity index is 1.70. The van der Waals surface area contributed by atoms with Crippen molar-refractivity contribution in [2.45, 2.75) is 13.0 Å². The van der Waals surface area contributed by atoms with E-state index in [4.69, 9.17) is 4.98 Å². The van der Waals surface area contributed by atoms with Crippen molar-refractivity contribution in [2.24, 2.45) is 0 Å². The average molecular weight is 341 g/mol. The van der Waals surface area contributed by atoms with Crippen molar-refractivity contribution in [3.05, 3.63) is 84.7 Å². The second-order valence-electron chi connectivity index (χ2n) is 6.06. The highest BCUT2D eigenvalue weighted by molar-refractivity contribution is 5.90. The van der Waals surface area contributed by atoms with Gasteiger partial charge in [-0.25, -0.2) is 4.98 Å². The normalized spacial score (nSPS) is 11.9. The molecule has 0 spiro atoms. The van der Waals surface area contributed by atoms with Gasteiger partial charge in [-0.05, 0) is 36.8 Å². The summed E-state index contributed by atoms with van der Waals surface area (Å²) in [5.41, 5.74) is 2.94. The Kier molecular flexibility index (Phi) is 4.43. The summed E-state index contributed by atoms with van der Waals surface area (Å²) in [5.74, 6) is 1.35. The number of hydrogen-bond acceptors (Lipinski definition) is 5. The Morgan fingerprint density at radius 1 is 0.846 bits per heavy atom. The minimum Gasteiger partial charge on any atom is -0.363 e.